The Morgan fingerprint density at radius 2 is 0.534 bits per heavy atom. The third kappa shape index (κ3) is 59.9. The maximum absolute atomic E-state index is 12.8. The molecule has 6 heteroatoms. The highest BCUT2D eigenvalue weighted by Gasteiger charge is 2.19. The minimum Gasteiger partial charge on any atom is -0.462 e. The quantitative estimate of drug-likeness (QED) is 0.0261. The molecule has 0 aromatic heterocycles. The van der Waals surface area contributed by atoms with Crippen LogP contribution in [0.4, 0.5) is 0 Å². The zero-order valence-electron chi connectivity index (χ0n) is 48.7. The summed E-state index contributed by atoms with van der Waals surface area (Å²) in [6, 6.07) is 0. The molecule has 0 aromatic rings. The van der Waals surface area contributed by atoms with Gasteiger partial charge in [-0.25, -0.2) is 0 Å². The predicted octanol–water partition coefficient (Wildman–Crippen LogP) is 21.6. The number of hydrogen-bond donors (Lipinski definition) is 0. The predicted molar refractivity (Wildman–Crippen MR) is 316 cm³/mol. The van der Waals surface area contributed by atoms with Crippen LogP contribution in [-0.4, -0.2) is 37.2 Å². The summed E-state index contributed by atoms with van der Waals surface area (Å²) >= 11 is 0. The summed E-state index contributed by atoms with van der Waals surface area (Å²) in [6.45, 7) is 6.47. The van der Waals surface area contributed by atoms with Gasteiger partial charge in [-0.1, -0.05) is 306 Å². The Labute approximate surface area is 453 Å². The van der Waals surface area contributed by atoms with E-state index in [1.165, 1.54) is 173 Å². The van der Waals surface area contributed by atoms with Crippen molar-refractivity contribution < 1.29 is 28.6 Å². The lowest BCUT2D eigenvalue weighted by Gasteiger charge is -2.18. The Hall–Kier alpha value is -2.89. The van der Waals surface area contributed by atoms with Crippen LogP contribution in [0.25, 0.3) is 0 Å². The van der Waals surface area contributed by atoms with Gasteiger partial charge < -0.3 is 14.2 Å². The first kappa shape index (κ1) is 70.1. The Bertz CT molecular complexity index is 1310. The molecule has 0 rings (SSSR count). The summed E-state index contributed by atoms with van der Waals surface area (Å²) in [4.78, 5) is 37.9. The van der Waals surface area contributed by atoms with Crippen LogP contribution >= 0.6 is 0 Å². The number of rotatable bonds is 58. The molecule has 0 saturated carbocycles. The molecule has 0 aliphatic heterocycles. The maximum Gasteiger partial charge on any atom is 0.306 e. The molecule has 0 aliphatic rings. The summed E-state index contributed by atoms with van der Waals surface area (Å²) in [5.74, 6) is -0.899. The lowest BCUT2D eigenvalue weighted by atomic mass is 10.0. The molecule has 0 heterocycles. The van der Waals surface area contributed by atoms with Gasteiger partial charge in [0.1, 0.15) is 13.2 Å². The van der Waals surface area contributed by atoms with E-state index < -0.39 is 6.10 Å². The van der Waals surface area contributed by atoms with E-state index in [1.807, 2.05) is 0 Å². The van der Waals surface area contributed by atoms with Crippen molar-refractivity contribution in [1.29, 1.82) is 0 Å². The van der Waals surface area contributed by atoms with Gasteiger partial charge in [0.25, 0.3) is 0 Å². The van der Waals surface area contributed by atoms with Crippen LogP contribution in [0.1, 0.15) is 329 Å². The van der Waals surface area contributed by atoms with Crippen LogP contribution in [0.2, 0.25) is 0 Å². The SMILES string of the molecule is CC/C=C\C/C=C\C/C=C\C/C=C\C/C=C\CCCCCCCC(=O)OC(COC(=O)CCCCCCC)COC(=O)CCCCCCCCCCCCCCCCCCCCCCCCCCCCCCC. The van der Waals surface area contributed by atoms with E-state index in [1.54, 1.807) is 0 Å². The molecule has 1 atom stereocenters. The summed E-state index contributed by atoms with van der Waals surface area (Å²) in [6.07, 6.45) is 78.6. The van der Waals surface area contributed by atoms with Crippen molar-refractivity contribution in [2.24, 2.45) is 0 Å². The number of carbonyl (C=O) groups is 3. The first-order valence-electron chi connectivity index (χ1n) is 31.8. The minimum atomic E-state index is -0.780. The number of ether oxygens (including phenoxy) is 3. The third-order valence-corrected chi connectivity index (χ3v) is 14.0. The summed E-state index contributed by atoms with van der Waals surface area (Å²) in [5, 5.41) is 0. The Morgan fingerprint density at radius 3 is 0.836 bits per heavy atom. The number of allylic oxidation sites excluding steroid dienone is 10. The second-order valence-electron chi connectivity index (χ2n) is 21.3. The van der Waals surface area contributed by atoms with E-state index in [0.29, 0.717) is 19.3 Å². The number of esters is 3. The molecule has 1 unspecified atom stereocenters. The first-order chi connectivity index (χ1) is 36.0. The number of unbranched alkanes of at least 4 members (excludes halogenated alkanes) is 37. The second kappa shape index (κ2) is 61.7. The Morgan fingerprint density at radius 1 is 0.288 bits per heavy atom. The highest BCUT2D eigenvalue weighted by atomic mass is 16.6. The van der Waals surface area contributed by atoms with E-state index in [0.717, 1.165) is 116 Å². The van der Waals surface area contributed by atoms with Gasteiger partial charge in [0.2, 0.25) is 0 Å². The van der Waals surface area contributed by atoms with Crippen LogP contribution in [0.3, 0.4) is 0 Å². The van der Waals surface area contributed by atoms with E-state index >= 15 is 0 Å². The van der Waals surface area contributed by atoms with E-state index in [9.17, 15) is 14.4 Å². The Balaban J connectivity index is 4.00. The molecular weight excluding hydrogens is 901 g/mol. The largest absolute Gasteiger partial charge is 0.462 e. The van der Waals surface area contributed by atoms with Gasteiger partial charge in [0, 0.05) is 19.3 Å². The van der Waals surface area contributed by atoms with Gasteiger partial charge in [0.05, 0.1) is 0 Å². The molecule has 0 spiro atoms. The standard InChI is InChI=1S/C67H120O6/c1-4-7-10-13-15-17-19-21-23-25-27-29-30-31-32-33-34-35-36-38-39-41-43-45-47-49-51-54-57-60-66(69)72-63-64(62-71-65(68)59-56-53-12-9-6-3)73-67(70)61-58-55-52-50-48-46-44-42-40-37-28-26-24-22-20-18-16-14-11-8-5-2/h8,11,16,18,22,24,28,37,42,44,64H,4-7,9-10,12-15,17,19-21,23,25-27,29-36,38-41,43,45-63H2,1-3H3/b11-8-,18-16-,24-22-,37-28-,44-42-. The van der Waals surface area contributed by atoms with Crippen LogP contribution in [0.5, 0.6) is 0 Å². The fourth-order valence-electron chi connectivity index (χ4n) is 9.30. The fourth-order valence-corrected chi connectivity index (χ4v) is 9.30. The van der Waals surface area contributed by atoms with Gasteiger partial charge in [-0.05, 0) is 64.2 Å². The van der Waals surface area contributed by atoms with Gasteiger partial charge in [-0.3, -0.25) is 14.4 Å². The van der Waals surface area contributed by atoms with Crippen molar-refractivity contribution >= 4 is 17.9 Å². The van der Waals surface area contributed by atoms with E-state index in [4.69, 9.17) is 14.2 Å². The first-order valence-corrected chi connectivity index (χ1v) is 31.8. The van der Waals surface area contributed by atoms with Crippen molar-refractivity contribution in [1.82, 2.24) is 0 Å². The van der Waals surface area contributed by atoms with Crippen molar-refractivity contribution in [3.63, 3.8) is 0 Å². The monoisotopic (exact) mass is 1020 g/mol. The summed E-state index contributed by atoms with van der Waals surface area (Å²) < 4.78 is 16.7. The lowest BCUT2D eigenvalue weighted by molar-refractivity contribution is -0.167. The topological polar surface area (TPSA) is 78.9 Å². The van der Waals surface area contributed by atoms with Crippen LogP contribution in [-0.2, 0) is 28.6 Å². The molecular formula is C67H120O6. The van der Waals surface area contributed by atoms with Gasteiger partial charge in [-0.15, -0.1) is 0 Å². The lowest BCUT2D eigenvalue weighted by Crippen LogP contribution is -2.30. The summed E-state index contributed by atoms with van der Waals surface area (Å²) in [5.41, 5.74) is 0. The fraction of sp³-hybridized carbons (Fsp3) is 0.806. The molecule has 424 valence electrons. The highest BCUT2D eigenvalue weighted by molar-refractivity contribution is 5.71. The Kier molecular flexibility index (Phi) is 59.2. The molecule has 6 nitrogen and oxygen atoms in total. The molecule has 0 aliphatic carbocycles. The minimum absolute atomic E-state index is 0.0796. The van der Waals surface area contributed by atoms with Gasteiger partial charge in [0.15, 0.2) is 6.10 Å². The average Bonchev–Trinajstić information content (AvgIpc) is 3.39. The van der Waals surface area contributed by atoms with Crippen LogP contribution in [0, 0.1) is 0 Å². The molecule has 0 amide bonds. The second-order valence-corrected chi connectivity index (χ2v) is 21.3. The average molecular weight is 1020 g/mol. The molecule has 0 saturated heterocycles. The molecule has 0 N–H and O–H groups in total. The van der Waals surface area contributed by atoms with E-state index in [2.05, 4.69) is 81.5 Å². The zero-order chi connectivity index (χ0) is 52.9. The van der Waals surface area contributed by atoms with Crippen LogP contribution in [0.15, 0.2) is 60.8 Å². The van der Waals surface area contributed by atoms with Gasteiger partial charge >= 0.3 is 17.9 Å². The van der Waals surface area contributed by atoms with Gasteiger partial charge in [-0.2, -0.15) is 0 Å². The normalized spacial score (nSPS) is 12.4. The zero-order valence-corrected chi connectivity index (χ0v) is 48.7. The van der Waals surface area contributed by atoms with Crippen LogP contribution < -0.4 is 0 Å². The molecule has 0 bridgehead atoms. The van der Waals surface area contributed by atoms with E-state index in [-0.39, 0.29) is 31.1 Å². The highest BCUT2D eigenvalue weighted by Crippen LogP contribution is 2.18. The maximum atomic E-state index is 12.8. The molecule has 0 radical (unpaired) electrons. The van der Waals surface area contributed by atoms with Crippen molar-refractivity contribution in [2.45, 2.75) is 335 Å². The van der Waals surface area contributed by atoms with Crippen molar-refractivity contribution in [3.05, 3.63) is 60.8 Å². The van der Waals surface area contributed by atoms with Crippen molar-refractivity contribution in [3.8, 4) is 0 Å². The number of carbonyl (C=O) groups excluding carboxylic acids is 3. The summed E-state index contributed by atoms with van der Waals surface area (Å²) in [7, 11) is 0. The molecule has 0 aromatic carbocycles. The molecule has 0 fully saturated rings. The number of hydrogen-bond acceptors (Lipinski definition) is 6. The van der Waals surface area contributed by atoms with Crippen molar-refractivity contribution in [2.75, 3.05) is 13.2 Å². The smallest absolute Gasteiger partial charge is 0.306 e. The third-order valence-electron chi connectivity index (χ3n) is 14.0. The molecule has 73 heavy (non-hydrogen) atoms.